The van der Waals surface area contributed by atoms with Gasteiger partial charge in [-0.15, -0.1) is 0 Å². The molecule has 1 aliphatic heterocycles. The summed E-state index contributed by atoms with van der Waals surface area (Å²) in [5, 5.41) is 2.61. The summed E-state index contributed by atoms with van der Waals surface area (Å²) >= 11 is 0. The molecule has 0 radical (unpaired) electrons. The van der Waals surface area contributed by atoms with Gasteiger partial charge in [-0.05, 0) is 24.3 Å². The highest BCUT2D eigenvalue weighted by atomic mass is 16.5. The molecule has 3 aromatic carbocycles. The lowest BCUT2D eigenvalue weighted by atomic mass is 10.1. The van der Waals surface area contributed by atoms with E-state index in [0.29, 0.717) is 6.61 Å². The van der Waals surface area contributed by atoms with E-state index >= 15 is 0 Å². The van der Waals surface area contributed by atoms with Gasteiger partial charge in [-0.1, -0.05) is 60.7 Å². The van der Waals surface area contributed by atoms with Crippen molar-refractivity contribution in [3.8, 4) is 5.75 Å². The number of aromatic amines is 1. The zero-order valence-corrected chi connectivity index (χ0v) is 12.7. The molecule has 0 bridgehead atoms. The molecule has 0 spiro atoms. The summed E-state index contributed by atoms with van der Waals surface area (Å²) in [6.07, 6.45) is 4.10. The summed E-state index contributed by atoms with van der Waals surface area (Å²) in [6, 6.07) is 24.8. The molecule has 0 aliphatic carbocycles. The molecule has 4 aromatic rings. The third-order valence-corrected chi connectivity index (χ3v) is 3.97. The molecule has 1 aromatic heterocycles. The van der Waals surface area contributed by atoms with Gasteiger partial charge in [0.25, 0.3) is 0 Å². The van der Waals surface area contributed by atoms with E-state index in [1.807, 2.05) is 30.3 Å². The van der Waals surface area contributed by atoms with E-state index in [1.165, 1.54) is 27.4 Å². The maximum absolute atomic E-state index is 5.34. The molecule has 23 heavy (non-hydrogen) atoms. The molecule has 0 saturated carbocycles. The molecule has 2 heteroatoms. The van der Waals surface area contributed by atoms with Gasteiger partial charge in [-0.3, -0.25) is 0 Å². The first-order chi connectivity index (χ1) is 11.4. The van der Waals surface area contributed by atoms with Gasteiger partial charge < -0.3 is 9.72 Å². The van der Waals surface area contributed by atoms with Gasteiger partial charge in [0.05, 0.1) is 0 Å². The third-order valence-electron chi connectivity index (χ3n) is 3.97. The van der Waals surface area contributed by atoms with Crippen molar-refractivity contribution in [3.63, 3.8) is 0 Å². The van der Waals surface area contributed by atoms with Gasteiger partial charge in [0.15, 0.2) is 0 Å². The minimum absolute atomic E-state index is 0.705. The fraction of sp³-hybridized carbons (Fsp3) is 0.0476. The van der Waals surface area contributed by atoms with Crippen LogP contribution in [-0.2, 0) is 0 Å². The number of nitrogens with one attached hydrogen (secondary N) is 1. The van der Waals surface area contributed by atoms with Crippen LogP contribution in [0.15, 0.2) is 78.9 Å². The van der Waals surface area contributed by atoms with Crippen LogP contribution in [0, 0.1) is 0 Å². The molecule has 0 saturated heterocycles. The minimum Gasteiger partial charge on any atom is -0.489 e. The lowest BCUT2D eigenvalue weighted by Gasteiger charge is -2.10. The molecule has 0 atom stereocenters. The Bertz CT molecular complexity index is 931. The van der Waals surface area contributed by atoms with Crippen molar-refractivity contribution in [2.75, 3.05) is 6.61 Å². The van der Waals surface area contributed by atoms with Gasteiger partial charge in [-0.2, -0.15) is 0 Å². The molecule has 0 unspecified atom stereocenters. The molecular weight excluding hydrogens is 282 g/mol. The molecular formula is C21H17NO. The van der Waals surface area contributed by atoms with Crippen molar-refractivity contribution >= 4 is 27.9 Å². The molecule has 5 rings (SSSR count). The van der Waals surface area contributed by atoms with E-state index in [0.717, 1.165) is 5.75 Å². The first kappa shape index (κ1) is 13.6. The standard InChI is InChI=1S/C12H9N.C9H8O/c1-3-7-11-9(5-1)10-6-2-4-8-12(10)13-11;1-2-6-9-8(4-1)5-3-7-10-9/h1-8,13H;1-6H,7H2. The number of H-pyrrole nitrogens is 1. The van der Waals surface area contributed by atoms with Gasteiger partial charge in [0, 0.05) is 27.4 Å². The van der Waals surface area contributed by atoms with Crippen molar-refractivity contribution in [2.45, 2.75) is 0 Å². The van der Waals surface area contributed by atoms with Crippen molar-refractivity contribution in [1.29, 1.82) is 0 Å². The number of para-hydroxylation sites is 3. The molecule has 1 aliphatic rings. The van der Waals surface area contributed by atoms with Crippen LogP contribution in [-0.4, -0.2) is 11.6 Å². The summed E-state index contributed by atoms with van der Waals surface area (Å²) < 4.78 is 5.34. The summed E-state index contributed by atoms with van der Waals surface area (Å²) in [5.41, 5.74) is 3.60. The Kier molecular flexibility index (Phi) is 3.57. The summed E-state index contributed by atoms with van der Waals surface area (Å²) in [5.74, 6) is 0.991. The average Bonchev–Trinajstić information content (AvgIpc) is 3.01. The predicted molar refractivity (Wildman–Crippen MR) is 96.8 cm³/mol. The monoisotopic (exact) mass is 299 g/mol. The number of aromatic nitrogens is 1. The van der Waals surface area contributed by atoms with E-state index in [-0.39, 0.29) is 0 Å². The van der Waals surface area contributed by atoms with Crippen molar-refractivity contribution in [3.05, 3.63) is 84.4 Å². The highest BCUT2D eigenvalue weighted by molar-refractivity contribution is 6.06. The largest absolute Gasteiger partial charge is 0.489 e. The summed E-state index contributed by atoms with van der Waals surface area (Å²) in [6.45, 7) is 0.705. The van der Waals surface area contributed by atoms with E-state index in [9.17, 15) is 0 Å². The van der Waals surface area contributed by atoms with Crippen LogP contribution in [0.2, 0.25) is 0 Å². The maximum Gasteiger partial charge on any atom is 0.126 e. The fourth-order valence-electron chi connectivity index (χ4n) is 2.86. The number of ether oxygens (including phenoxy) is 1. The zero-order valence-electron chi connectivity index (χ0n) is 12.7. The normalized spacial score (nSPS) is 12.3. The zero-order chi connectivity index (χ0) is 15.5. The Balaban J connectivity index is 0.000000122. The number of benzene rings is 3. The lowest BCUT2D eigenvalue weighted by Crippen LogP contribution is -1.98. The molecule has 1 N–H and O–H groups in total. The van der Waals surface area contributed by atoms with E-state index in [2.05, 4.69) is 59.6 Å². The van der Waals surface area contributed by atoms with Crippen LogP contribution in [0.5, 0.6) is 5.75 Å². The maximum atomic E-state index is 5.34. The molecule has 2 nitrogen and oxygen atoms in total. The van der Waals surface area contributed by atoms with Gasteiger partial charge in [0.1, 0.15) is 12.4 Å². The quantitative estimate of drug-likeness (QED) is 0.461. The third kappa shape index (κ3) is 2.71. The minimum atomic E-state index is 0.705. The smallest absolute Gasteiger partial charge is 0.126 e. The second-order valence-corrected chi connectivity index (χ2v) is 5.47. The van der Waals surface area contributed by atoms with Gasteiger partial charge in [-0.25, -0.2) is 0 Å². The summed E-state index contributed by atoms with van der Waals surface area (Å²) in [4.78, 5) is 3.38. The topological polar surface area (TPSA) is 25.0 Å². The highest BCUT2D eigenvalue weighted by Crippen LogP contribution is 2.24. The van der Waals surface area contributed by atoms with E-state index in [1.54, 1.807) is 0 Å². The first-order valence-corrected chi connectivity index (χ1v) is 7.76. The first-order valence-electron chi connectivity index (χ1n) is 7.76. The molecule has 0 amide bonds. The van der Waals surface area contributed by atoms with E-state index in [4.69, 9.17) is 4.74 Å². The second kappa shape index (κ2) is 6.01. The Morgan fingerprint density at radius 1 is 0.696 bits per heavy atom. The van der Waals surface area contributed by atoms with Crippen molar-refractivity contribution in [2.24, 2.45) is 0 Å². The van der Waals surface area contributed by atoms with Crippen LogP contribution < -0.4 is 4.74 Å². The molecule has 2 heterocycles. The Morgan fingerprint density at radius 2 is 1.30 bits per heavy atom. The predicted octanol–water partition coefficient (Wildman–Crippen LogP) is 5.41. The van der Waals surface area contributed by atoms with Crippen LogP contribution in [0.25, 0.3) is 27.9 Å². The lowest BCUT2D eigenvalue weighted by molar-refractivity contribution is 0.358. The fourth-order valence-corrected chi connectivity index (χ4v) is 2.86. The van der Waals surface area contributed by atoms with Crippen LogP contribution >= 0.6 is 0 Å². The van der Waals surface area contributed by atoms with Crippen LogP contribution in [0.4, 0.5) is 0 Å². The highest BCUT2D eigenvalue weighted by Gasteiger charge is 2.01. The Morgan fingerprint density at radius 3 is 2.00 bits per heavy atom. The summed E-state index contributed by atoms with van der Waals surface area (Å²) in [7, 11) is 0. The number of rotatable bonds is 0. The van der Waals surface area contributed by atoms with Gasteiger partial charge in [0.2, 0.25) is 0 Å². The van der Waals surface area contributed by atoms with E-state index < -0.39 is 0 Å². The SMILES string of the molecule is C1=Cc2ccccc2OC1.c1ccc2c(c1)[nH]c1ccccc12. The number of hydrogen-bond donors (Lipinski definition) is 1. The average molecular weight is 299 g/mol. The Labute approximate surface area is 135 Å². The van der Waals surface area contributed by atoms with Crippen molar-refractivity contribution < 1.29 is 4.74 Å². The van der Waals surface area contributed by atoms with Gasteiger partial charge >= 0.3 is 0 Å². The van der Waals surface area contributed by atoms with Crippen LogP contribution in [0.1, 0.15) is 5.56 Å². The molecule has 112 valence electrons. The van der Waals surface area contributed by atoms with Crippen LogP contribution in [0.3, 0.4) is 0 Å². The van der Waals surface area contributed by atoms with Crippen molar-refractivity contribution in [1.82, 2.24) is 4.98 Å². The molecule has 0 fully saturated rings. The Hall–Kier alpha value is -3.00. The number of hydrogen-bond acceptors (Lipinski definition) is 1. The second-order valence-electron chi connectivity index (χ2n) is 5.47. The number of fused-ring (bicyclic) bond motifs is 4.